The smallest absolute Gasteiger partial charge is 0.286 e. The lowest BCUT2D eigenvalue weighted by molar-refractivity contribution is -0.0375. The average Bonchev–Trinajstić information content (AvgIpc) is 2.34. The molecule has 1 N–H and O–H groups in total. The first-order valence-electron chi connectivity index (χ1n) is 2.57. The number of carbonyl (C=O) groups is 1. The lowest BCUT2D eigenvalue weighted by Gasteiger charge is -2.02. The van der Waals surface area contributed by atoms with Crippen molar-refractivity contribution in [2.24, 2.45) is 0 Å². The third-order valence-electron chi connectivity index (χ3n) is 0.877. The van der Waals surface area contributed by atoms with Crippen LogP contribution in [0.25, 0.3) is 0 Å². The number of nitrogens with zero attached hydrogens (tertiary/aromatic N) is 3. The molecular weight excluding hydrogens is 190 g/mol. The van der Waals surface area contributed by atoms with Crippen molar-refractivity contribution in [3.63, 3.8) is 0 Å². The van der Waals surface area contributed by atoms with E-state index in [1.807, 2.05) is 0 Å². The minimum atomic E-state index is -0.616. The van der Waals surface area contributed by atoms with E-state index in [-0.39, 0.29) is 9.47 Å². The van der Waals surface area contributed by atoms with Gasteiger partial charge in [0.05, 0.1) is 0 Å². The van der Waals surface area contributed by atoms with Crippen LogP contribution in [0.15, 0.2) is 0 Å². The lowest BCUT2D eigenvalue weighted by Crippen LogP contribution is -2.22. The Balaban J connectivity index is 2.85. The van der Waals surface area contributed by atoms with Gasteiger partial charge in [-0.25, -0.2) is 5.06 Å². The molecule has 60 valence electrons. The number of halogens is 1. The highest BCUT2D eigenvalue weighted by Gasteiger charge is 2.14. The molecule has 0 saturated heterocycles. The fourth-order valence-corrected chi connectivity index (χ4v) is 1.23. The minimum Gasteiger partial charge on any atom is -0.286 e. The number of rotatable bonds is 1. The Bertz CT molecular complexity index is 274. The van der Waals surface area contributed by atoms with E-state index < -0.39 is 5.91 Å². The van der Waals surface area contributed by atoms with E-state index in [0.717, 1.165) is 11.3 Å². The van der Waals surface area contributed by atoms with Crippen molar-refractivity contribution >= 4 is 28.8 Å². The second-order valence-corrected chi connectivity index (χ2v) is 3.25. The third-order valence-corrected chi connectivity index (χ3v) is 1.88. The summed E-state index contributed by atoms with van der Waals surface area (Å²) in [6.07, 6.45) is 0. The van der Waals surface area contributed by atoms with Crippen molar-refractivity contribution in [1.29, 1.82) is 0 Å². The topological polar surface area (TPSA) is 66.3 Å². The van der Waals surface area contributed by atoms with Crippen molar-refractivity contribution in [2.45, 2.75) is 0 Å². The van der Waals surface area contributed by atoms with Crippen molar-refractivity contribution in [3.8, 4) is 0 Å². The zero-order valence-corrected chi connectivity index (χ0v) is 7.06. The van der Waals surface area contributed by atoms with Gasteiger partial charge in [0.15, 0.2) is 0 Å². The van der Waals surface area contributed by atoms with Crippen molar-refractivity contribution in [2.75, 3.05) is 7.05 Å². The minimum absolute atomic E-state index is 0.0694. The molecule has 7 heteroatoms. The highest BCUT2D eigenvalue weighted by atomic mass is 35.5. The molecule has 0 bridgehead atoms. The monoisotopic (exact) mass is 193 g/mol. The maximum atomic E-state index is 10.9. The van der Waals surface area contributed by atoms with Crippen LogP contribution in [0.5, 0.6) is 0 Å². The molecule has 1 amide bonds. The highest BCUT2D eigenvalue weighted by Crippen LogP contribution is 2.15. The van der Waals surface area contributed by atoms with E-state index in [1.54, 1.807) is 0 Å². The molecule has 11 heavy (non-hydrogen) atoms. The fraction of sp³-hybridized carbons (Fsp3) is 0.250. The van der Waals surface area contributed by atoms with Crippen LogP contribution in [-0.4, -0.2) is 33.4 Å². The summed E-state index contributed by atoms with van der Waals surface area (Å²) in [6.45, 7) is 0. The van der Waals surface area contributed by atoms with Gasteiger partial charge in [0.2, 0.25) is 9.47 Å². The summed E-state index contributed by atoms with van der Waals surface area (Å²) in [5.41, 5.74) is 0. The summed E-state index contributed by atoms with van der Waals surface area (Å²) in [5.74, 6) is -0.616. The number of carbonyl (C=O) groups excluding carboxylic acids is 1. The Kier molecular flexibility index (Phi) is 2.38. The maximum absolute atomic E-state index is 10.9. The first kappa shape index (κ1) is 8.38. The molecule has 0 fully saturated rings. The van der Waals surface area contributed by atoms with Crippen LogP contribution in [0.3, 0.4) is 0 Å². The summed E-state index contributed by atoms with van der Waals surface area (Å²) in [5, 5.41) is 16.0. The summed E-state index contributed by atoms with van der Waals surface area (Å²) in [4.78, 5) is 10.9. The standard InChI is InChI=1S/C4H4ClN3O2S/c1-8(10)3(9)2-6-7-4(5)11-2/h10H,1H3. The van der Waals surface area contributed by atoms with Gasteiger partial charge in [0.25, 0.3) is 0 Å². The number of aromatic nitrogens is 2. The molecule has 1 aromatic heterocycles. The quantitative estimate of drug-likeness (QED) is 0.526. The zero-order chi connectivity index (χ0) is 8.43. The van der Waals surface area contributed by atoms with Crippen LogP contribution in [0.1, 0.15) is 9.80 Å². The van der Waals surface area contributed by atoms with E-state index in [9.17, 15) is 4.79 Å². The first-order chi connectivity index (χ1) is 5.11. The highest BCUT2D eigenvalue weighted by molar-refractivity contribution is 7.17. The van der Waals surface area contributed by atoms with Gasteiger partial charge in [-0.15, -0.1) is 10.2 Å². The average molecular weight is 194 g/mol. The van der Waals surface area contributed by atoms with Crippen molar-refractivity contribution < 1.29 is 10.0 Å². The molecule has 5 nitrogen and oxygen atoms in total. The Morgan fingerprint density at radius 3 is 2.73 bits per heavy atom. The third kappa shape index (κ3) is 1.86. The lowest BCUT2D eigenvalue weighted by atomic mass is 10.6. The predicted molar refractivity (Wildman–Crippen MR) is 38.8 cm³/mol. The van der Waals surface area contributed by atoms with E-state index >= 15 is 0 Å². The fourth-order valence-electron chi connectivity index (χ4n) is 0.430. The van der Waals surface area contributed by atoms with Gasteiger partial charge in [0, 0.05) is 7.05 Å². The predicted octanol–water partition coefficient (Wildman–Crippen LogP) is 0.653. The Morgan fingerprint density at radius 2 is 2.36 bits per heavy atom. The van der Waals surface area contributed by atoms with Gasteiger partial charge < -0.3 is 0 Å². The first-order valence-corrected chi connectivity index (χ1v) is 3.76. The van der Waals surface area contributed by atoms with Gasteiger partial charge >= 0.3 is 5.91 Å². The van der Waals surface area contributed by atoms with Crippen LogP contribution in [0.4, 0.5) is 0 Å². The Morgan fingerprint density at radius 1 is 1.73 bits per heavy atom. The molecule has 0 unspecified atom stereocenters. The summed E-state index contributed by atoms with van der Waals surface area (Å²) in [7, 11) is 1.21. The van der Waals surface area contributed by atoms with Crippen LogP contribution in [0, 0.1) is 0 Å². The molecule has 0 aliphatic rings. The Labute approximate surface area is 71.2 Å². The zero-order valence-electron chi connectivity index (χ0n) is 5.48. The van der Waals surface area contributed by atoms with E-state index in [1.165, 1.54) is 7.05 Å². The van der Waals surface area contributed by atoms with Crippen molar-refractivity contribution in [3.05, 3.63) is 9.47 Å². The summed E-state index contributed by atoms with van der Waals surface area (Å²) < 4.78 is 0.176. The number of hydrogen-bond donors (Lipinski definition) is 1. The van der Waals surface area contributed by atoms with Gasteiger partial charge in [-0.05, 0) is 11.6 Å². The van der Waals surface area contributed by atoms with Gasteiger partial charge in [0.1, 0.15) is 0 Å². The number of hydrogen-bond acceptors (Lipinski definition) is 5. The second kappa shape index (κ2) is 3.12. The van der Waals surface area contributed by atoms with Crippen LogP contribution in [-0.2, 0) is 0 Å². The van der Waals surface area contributed by atoms with Crippen LogP contribution in [0.2, 0.25) is 4.47 Å². The molecule has 0 aliphatic carbocycles. The van der Waals surface area contributed by atoms with E-state index in [4.69, 9.17) is 16.8 Å². The van der Waals surface area contributed by atoms with E-state index in [2.05, 4.69) is 10.2 Å². The molecule has 1 aromatic rings. The Hall–Kier alpha value is -0.720. The molecule has 0 spiro atoms. The molecule has 0 radical (unpaired) electrons. The molecule has 0 aliphatic heterocycles. The SMILES string of the molecule is CN(O)C(=O)c1nnc(Cl)s1. The van der Waals surface area contributed by atoms with Crippen LogP contribution >= 0.6 is 22.9 Å². The van der Waals surface area contributed by atoms with E-state index in [0.29, 0.717) is 5.06 Å². The maximum Gasteiger partial charge on any atom is 0.307 e. The number of amides is 1. The van der Waals surface area contributed by atoms with Gasteiger partial charge in [-0.2, -0.15) is 0 Å². The summed E-state index contributed by atoms with van der Waals surface area (Å²) in [6, 6.07) is 0. The molecule has 0 saturated carbocycles. The second-order valence-electron chi connectivity index (χ2n) is 1.69. The molecule has 1 rings (SSSR count). The van der Waals surface area contributed by atoms with Crippen LogP contribution < -0.4 is 0 Å². The normalized spacial score (nSPS) is 9.73. The largest absolute Gasteiger partial charge is 0.307 e. The number of hydroxylamine groups is 2. The van der Waals surface area contributed by atoms with Gasteiger partial charge in [-0.3, -0.25) is 10.0 Å². The van der Waals surface area contributed by atoms with Gasteiger partial charge in [-0.1, -0.05) is 11.3 Å². The molecule has 0 aromatic carbocycles. The molecule has 1 heterocycles. The van der Waals surface area contributed by atoms with Crippen molar-refractivity contribution in [1.82, 2.24) is 15.3 Å². The molecular formula is C4H4ClN3O2S. The summed E-state index contributed by atoms with van der Waals surface area (Å²) >= 11 is 6.32. The molecule has 0 atom stereocenters.